The van der Waals surface area contributed by atoms with Gasteiger partial charge in [-0.3, -0.25) is 4.79 Å². The minimum Gasteiger partial charge on any atom is -0.381 e. The van der Waals surface area contributed by atoms with Gasteiger partial charge >= 0.3 is 0 Å². The molecule has 0 spiro atoms. The fraction of sp³-hybridized carbons (Fsp3) is 0.929. The van der Waals surface area contributed by atoms with Crippen molar-refractivity contribution >= 4 is 5.91 Å². The third kappa shape index (κ3) is 5.47. The van der Waals surface area contributed by atoms with Gasteiger partial charge in [-0.05, 0) is 45.7 Å². The number of hydrogen-bond donors (Lipinski definition) is 2. The summed E-state index contributed by atoms with van der Waals surface area (Å²) in [6, 6.07) is 0. The highest BCUT2D eigenvalue weighted by Gasteiger charge is 2.30. The largest absolute Gasteiger partial charge is 0.381 e. The summed E-state index contributed by atoms with van der Waals surface area (Å²) in [4.78, 5) is 13.8. The number of hydrogen-bond acceptors (Lipinski definition) is 4. The second kappa shape index (κ2) is 7.82. The maximum Gasteiger partial charge on any atom is 0.237 e. The molecule has 1 amide bonds. The summed E-state index contributed by atoms with van der Waals surface area (Å²) in [5, 5.41) is 3.19. The van der Waals surface area contributed by atoms with Crippen LogP contribution in [0, 0.1) is 5.92 Å². The van der Waals surface area contributed by atoms with Crippen molar-refractivity contribution in [3.05, 3.63) is 0 Å². The maximum absolute atomic E-state index is 11.5. The molecule has 112 valence electrons. The molecule has 2 unspecified atom stereocenters. The zero-order valence-electron chi connectivity index (χ0n) is 12.6. The molecule has 5 nitrogen and oxygen atoms in total. The monoisotopic (exact) mass is 271 g/mol. The Labute approximate surface area is 116 Å². The third-order valence-electron chi connectivity index (χ3n) is 3.93. The second-order valence-electron chi connectivity index (χ2n) is 5.82. The number of amides is 1. The number of nitrogens with two attached hydrogens (primary N) is 1. The van der Waals surface area contributed by atoms with E-state index in [9.17, 15) is 4.79 Å². The third-order valence-corrected chi connectivity index (χ3v) is 3.93. The first-order chi connectivity index (χ1) is 8.98. The predicted octanol–water partition coefficient (Wildman–Crippen LogP) is 0.588. The van der Waals surface area contributed by atoms with Crippen LogP contribution in [0.5, 0.6) is 0 Å². The van der Waals surface area contributed by atoms with Gasteiger partial charge in [-0.1, -0.05) is 6.92 Å². The highest BCUT2D eigenvalue weighted by Crippen LogP contribution is 2.16. The van der Waals surface area contributed by atoms with Crippen LogP contribution in [-0.4, -0.2) is 56.2 Å². The number of carbonyl (C=O) groups excluding carboxylic acids is 1. The van der Waals surface area contributed by atoms with Crippen LogP contribution in [0.2, 0.25) is 0 Å². The standard InChI is InChI=1S/C14H29N3O2/c1-4-16-14(2,13(15)18)7-8-17(3)10-12-6-5-9-19-11-12/h12,16H,4-11H2,1-3H3,(H2,15,18). The van der Waals surface area contributed by atoms with Gasteiger partial charge in [0.25, 0.3) is 0 Å². The van der Waals surface area contributed by atoms with Crippen molar-refractivity contribution in [2.24, 2.45) is 11.7 Å². The van der Waals surface area contributed by atoms with Crippen molar-refractivity contribution in [3.63, 3.8) is 0 Å². The van der Waals surface area contributed by atoms with Crippen molar-refractivity contribution in [1.29, 1.82) is 0 Å². The van der Waals surface area contributed by atoms with Gasteiger partial charge in [0.2, 0.25) is 5.91 Å². The Balaban J connectivity index is 2.34. The molecule has 1 aliphatic heterocycles. The van der Waals surface area contributed by atoms with Crippen molar-refractivity contribution in [2.45, 2.75) is 38.6 Å². The lowest BCUT2D eigenvalue weighted by molar-refractivity contribution is -0.124. The van der Waals surface area contributed by atoms with E-state index in [2.05, 4.69) is 17.3 Å². The van der Waals surface area contributed by atoms with Gasteiger partial charge in [0.05, 0.1) is 12.1 Å². The Hall–Kier alpha value is -0.650. The molecular formula is C14H29N3O2. The van der Waals surface area contributed by atoms with Crippen LogP contribution >= 0.6 is 0 Å². The van der Waals surface area contributed by atoms with Crippen LogP contribution in [0.25, 0.3) is 0 Å². The van der Waals surface area contributed by atoms with Crippen molar-refractivity contribution in [2.75, 3.05) is 39.9 Å². The summed E-state index contributed by atoms with van der Waals surface area (Å²) >= 11 is 0. The van der Waals surface area contributed by atoms with Crippen molar-refractivity contribution in [1.82, 2.24) is 10.2 Å². The SMILES string of the molecule is CCNC(C)(CCN(C)CC1CCCOC1)C(N)=O. The second-order valence-corrected chi connectivity index (χ2v) is 5.82. The molecule has 1 aliphatic rings. The van der Waals surface area contributed by atoms with Crippen LogP contribution in [0.1, 0.15) is 33.1 Å². The van der Waals surface area contributed by atoms with Gasteiger partial charge in [-0.25, -0.2) is 0 Å². The first-order valence-corrected chi connectivity index (χ1v) is 7.29. The average Bonchev–Trinajstić information content (AvgIpc) is 2.38. The van der Waals surface area contributed by atoms with E-state index in [1.165, 1.54) is 6.42 Å². The van der Waals surface area contributed by atoms with Gasteiger partial charge in [0.1, 0.15) is 0 Å². The Kier molecular flexibility index (Phi) is 6.75. The Bertz CT molecular complexity index is 280. The molecule has 0 saturated carbocycles. The number of rotatable bonds is 8. The highest BCUT2D eigenvalue weighted by atomic mass is 16.5. The van der Waals surface area contributed by atoms with Crippen LogP contribution in [0.4, 0.5) is 0 Å². The van der Waals surface area contributed by atoms with Crippen molar-refractivity contribution in [3.8, 4) is 0 Å². The molecule has 0 aromatic rings. The number of carbonyl (C=O) groups is 1. The number of ether oxygens (including phenoxy) is 1. The van der Waals surface area contributed by atoms with E-state index in [1.807, 2.05) is 13.8 Å². The van der Waals surface area contributed by atoms with Gasteiger partial charge in [-0.2, -0.15) is 0 Å². The molecule has 0 radical (unpaired) electrons. The predicted molar refractivity (Wildman–Crippen MR) is 76.9 cm³/mol. The normalized spacial score (nSPS) is 23.3. The Morgan fingerprint density at radius 1 is 1.58 bits per heavy atom. The number of nitrogens with one attached hydrogen (secondary N) is 1. The lowest BCUT2D eigenvalue weighted by Gasteiger charge is -2.31. The van der Waals surface area contributed by atoms with E-state index in [0.29, 0.717) is 5.92 Å². The summed E-state index contributed by atoms with van der Waals surface area (Å²) in [5.41, 5.74) is 4.88. The molecule has 1 saturated heterocycles. The van der Waals surface area contributed by atoms with Gasteiger partial charge < -0.3 is 20.7 Å². The first kappa shape index (κ1) is 16.4. The van der Waals surface area contributed by atoms with Crippen LogP contribution in [0.15, 0.2) is 0 Å². The van der Waals surface area contributed by atoms with Crippen LogP contribution < -0.4 is 11.1 Å². The average molecular weight is 271 g/mol. The summed E-state index contributed by atoms with van der Waals surface area (Å²) < 4.78 is 5.49. The van der Waals surface area contributed by atoms with E-state index in [4.69, 9.17) is 10.5 Å². The Morgan fingerprint density at radius 2 is 2.32 bits per heavy atom. The fourth-order valence-electron chi connectivity index (χ4n) is 2.59. The number of nitrogens with zero attached hydrogens (tertiary/aromatic N) is 1. The summed E-state index contributed by atoms with van der Waals surface area (Å²) in [7, 11) is 2.10. The molecule has 0 aromatic carbocycles. The van der Waals surface area contributed by atoms with E-state index < -0.39 is 5.54 Å². The molecule has 2 atom stereocenters. The van der Waals surface area contributed by atoms with Gasteiger partial charge in [0, 0.05) is 19.7 Å². The topological polar surface area (TPSA) is 67.6 Å². The van der Waals surface area contributed by atoms with E-state index in [1.54, 1.807) is 0 Å². The van der Waals surface area contributed by atoms with Gasteiger partial charge in [-0.15, -0.1) is 0 Å². The first-order valence-electron chi connectivity index (χ1n) is 7.29. The smallest absolute Gasteiger partial charge is 0.237 e. The van der Waals surface area contributed by atoms with Crippen molar-refractivity contribution < 1.29 is 9.53 Å². The molecular weight excluding hydrogens is 242 g/mol. The molecule has 1 fully saturated rings. The van der Waals surface area contributed by atoms with E-state index in [0.717, 1.165) is 45.7 Å². The zero-order chi connectivity index (χ0) is 14.3. The molecule has 0 aromatic heterocycles. The molecule has 5 heteroatoms. The minimum absolute atomic E-state index is 0.274. The minimum atomic E-state index is -0.605. The fourth-order valence-corrected chi connectivity index (χ4v) is 2.59. The molecule has 3 N–H and O–H groups in total. The lowest BCUT2D eigenvalue weighted by atomic mass is 9.96. The zero-order valence-corrected chi connectivity index (χ0v) is 12.6. The Morgan fingerprint density at radius 3 is 2.84 bits per heavy atom. The summed E-state index contributed by atoms with van der Waals surface area (Å²) in [5.74, 6) is 0.349. The molecule has 0 bridgehead atoms. The van der Waals surface area contributed by atoms with Crippen LogP contribution in [0.3, 0.4) is 0 Å². The summed E-state index contributed by atoms with van der Waals surface area (Å²) in [6.07, 6.45) is 3.14. The van der Waals surface area contributed by atoms with Crippen LogP contribution in [-0.2, 0) is 9.53 Å². The summed E-state index contributed by atoms with van der Waals surface area (Å²) in [6.45, 7) is 8.29. The lowest BCUT2D eigenvalue weighted by Crippen LogP contribution is -2.54. The molecule has 1 heterocycles. The van der Waals surface area contributed by atoms with Gasteiger partial charge in [0.15, 0.2) is 0 Å². The quantitative estimate of drug-likeness (QED) is 0.678. The number of primary amides is 1. The maximum atomic E-state index is 11.5. The van der Waals surface area contributed by atoms with E-state index >= 15 is 0 Å². The number of likely N-dealkylation sites (N-methyl/N-ethyl adjacent to an activating group) is 1. The highest BCUT2D eigenvalue weighted by molar-refractivity contribution is 5.84. The molecule has 19 heavy (non-hydrogen) atoms. The van der Waals surface area contributed by atoms with E-state index in [-0.39, 0.29) is 5.91 Å². The molecule has 1 rings (SSSR count). The molecule has 0 aliphatic carbocycles.